The lowest BCUT2D eigenvalue weighted by atomic mass is 10.1. The number of hydrogen-bond donors (Lipinski definition) is 3. The van der Waals surface area contributed by atoms with E-state index in [1.165, 1.54) is 24.4 Å². The molecule has 3 N–H and O–H groups in total. The van der Waals surface area contributed by atoms with Gasteiger partial charge in [-0.2, -0.15) is 0 Å². The SMILES string of the molecule is CS(=O)(=O)c1ccc2ccn([C@@H]3O[C@H](CO)[C@@H](O)[C@H]3O)c(=O)c2c1. The molecule has 3 rings (SSSR count). The Kier molecular flexibility index (Phi) is 4.22. The van der Waals surface area contributed by atoms with Gasteiger partial charge in [0.25, 0.3) is 5.56 Å². The van der Waals surface area contributed by atoms with Gasteiger partial charge in [0.1, 0.15) is 18.3 Å². The molecular weight excluding hydrogens is 338 g/mol. The Bertz CT molecular complexity index is 936. The third-order valence-electron chi connectivity index (χ3n) is 4.12. The molecule has 0 spiro atoms. The maximum absolute atomic E-state index is 12.7. The smallest absolute Gasteiger partial charge is 0.260 e. The maximum atomic E-state index is 12.7. The molecule has 1 aromatic carbocycles. The van der Waals surface area contributed by atoms with Crippen molar-refractivity contribution in [2.75, 3.05) is 12.9 Å². The molecule has 0 saturated carbocycles. The molecule has 4 atom stereocenters. The van der Waals surface area contributed by atoms with Gasteiger partial charge in [0, 0.05) is 17.8 Å². The lowest BCUT2D eigenvalue weighted by Gasteiger charge is -2.18. The van der Waals surface area contributed by atoms with E-state index < -0.39 is 46.5 Å². The lowest BCUT2D eigenvalue weighted by molar-refractivity contribution is -0.0541. The molecule has 1 aliphatic rings. The van der Waals surface area contributed by atoms with E-state index in [1.54, 1.807) is 6.07 Å². The summed E-state index contributed by atoms with van der Waals surface area (Å²) in [6.07, 6.45) is -2.46. The summed E-state index contributed by atoms with van der Waals surface area (Å²) < 4.78 is 29.8. The van der Waals surface area contributed by atoms with Crippen molar-refractivity contribution in [2.45, 2.75) is 29.4 Å². The average molecular weight is 355 g/mol. The second-order valence-electron chi connectivity index (χ2n) is 5.78. The van der Waals surface area contributed by atoms with E-state index in [9.17, 15) is 23.4 Å². The number of pyridine rings is 1. The fraction of sp³-hybridized carbons (Fsp3) is 0.400. The van der Waals surface area contributed by atoms with Gasteiger partial charge in [-0.05, 0) is 23.6 Å². The van der Waals surface area contributed by atoms with Crippen LogP contribution in [0.5, 0.6) is 0 Å². The Balaban J connectivity index is 2.14. The first-order valence-electron chi connectivity index (χ1n) is 7.21. The number of rotatable bonds is 3. The van der Waals surface area contributed by atoms with E-state index in [1.807, 2.05) is 0 Å². The molecule has 1 aromatic heterocycles. The van der Waals surface area contributed by atoms with Crippen molar-refractivity contribution in [2.24, 2.45) is 0 Å². The van der Waals surface area contributed by atoms with Gasteiger partial charge in [-0.15, -0.1) is 0 Å². The minimum atomic E-state index is -3.48. The van der Waals surface area contributed by atoms with Crippen LogP contribution in [-0.4, -0.2) is 59.5 Å². The van der Waals surface area contributed by atoms with Crippen molar-refractivity contribution < 1.29 is 28.5 Å². The van der Waals surface area contributed by atoms with Gasteiger partial charge < -0.3 is 20.1 Å². The lowest BCUT2D eigenvalue weighted by Crippen LogP contribution is -2.35. The van der Waals surface area contributed by atoms with Crippen LogP contribution in [0.25, 0.3) is 10.8 Å². The highest BCUT2D eigenvalue weighted by molar-refractivity contribution is 7.90. The van der Waals surface area contributed by atoms with Crippen LogP contribution in [0.15, 0.2) is 40.2 Å². The molecule has 1 aliphatic heterocycles. The number of aliphatic hydroxyl groups excluding tert-OH is 3. The van der Waals surface area contributed by atoms with Crippen molar-refractivity contribution in [3.63, 3.8) is 0 Å². The summed E-state index contributed by atoms with van der Waals surface area (Å²) in [4.78, 5) is 12.7. The van der Waals surface area contributed by atoms with Crippen LogP contribution < -0.4 is 5.56 Å². The molecule has 24 heavy (non-hydrogen) atoms. The fourth-order valence-corrected chi connectivity index (χ4v) is 3.42. The van der Waals surface area contributed by atoms with Crippen molar-refractivity contribution in [3.8, 4) is 0 Å². The third kappa shape index (κ3) is 2.74. The molecular formula is C15H17NO7S. The predicted octanol–water partition coefficient (Wildman–Crippen LogP) is -0.984. The number of aliphatic hydroxyl groups is 3. The average Bonchev–Trinajstić information content (AvgIpc) is 2.82. The number of hydrogen-bond acceptors (Lipinski definition) is 7. The Morgan fingerprint density at radius 1 is 1.21 bits per heavy atom. The maximum Gasteiger partial charge on any atom is 0.260 e. The van der Waals surface area contributed by atoms with E-state index in [0.717, 1.165) is 10.8 Å². The first-order chi connectivity index (χ1) is 11.2. The summed E-state index contributed by atoms with van der Waals surface area (Å²) >= 11 is 0. The minimum Gasteiger partial charge on any atom is -0.394 e. The van der Waals surface area contributed by atoms with Crippen LogP contribution in [0.1, 0.15) is 6.23 Å². The Morgan fingerprint density at radius 3 is 2.50 bits per heavy atom. The van der Waals surface area contributed by atoms with Gasteiger partial charge in [0.15, 0.2) is 16.1 Å². The highest BCUT2D eigenvalue weighted by Crippen LogP contribution is 2.29. The number of ether oxygens (including phenoxy) is 1. The normalized spacial score (nSPS) is 27.7. The molecule has 2 aromatic rings. The number of fused-ring (bicyclic) bond motifs is 1. The number of nitrogens with zero attached hydrogens (tertiary/aromatic N) is 1. The summed E-state index contributed by atoms with van der Waals surface area (Å²) in [5.41, 5.74) is -0.562. The highest BCUT2D eigenvalue weighted by atomic mass is 32.2. The van der Waals surface area contributed by atoms with Crippen LogP contribution in [0.2, 0.25) is 0 Å². The van der Waals surface area contributed by atoms with Gasteiger partial charge in [-0.1, -0.05) is 6.07 Å². The second kappa shape index (κ2) is 5.94. The van der Waals surface area contributed by atoms with E-state index in [-0.39, 0.29) is 10.3 Å². The molecule has 0 aliphatic carbocycles. The summed E-state index contributed by atoms with van der Waals surface area (Å²) in [6, 6.07) is 5.78. The highest BCUT2D eigenvalue weighted by Gasteiger charge is 2.43. The standard InChI is InChI=1S/C15H17NO7S/c1-24(21,22)9-3-2-8-4-5-16(14(20)10(8)6-9)15-13(19)12(18)11(7-17)23-15/h2-6,11-13,15,17-19H,7H2,1H3/t11-,12-,13-,15-/m1/s1. The monoisotopic (exact) mass is 355 g/mol. The molecule has 1 saturated heterocycles. The van der Waals surface area contributed by atoms with Gasteiger partial charge in [-0.3, -0.25) is 9.36 Å². The van der Waals surface area contributed by atoms with Gasteiger partial charge in [-0.25, -0.2) is 8.42 Å². The third-order valence-corrected chi connectivity index (χ3v) is 5.23. The van der Waals surface area contributed by atoms with E-state index >= 15 is 0 Å². The topological polar surface area (TPSA) is 126 Å². The summed E-state index contributed by atoms with van der Waals surface area (Å²) in [5.74, 6) is 0. The van der Waals surface area contributed by atoms with Crippen molar-refractivity contribution >= 4 is 20.6 Å². The van der Waals surface area contributed by atoms with Gasteiger partial charge in [0.05, 0.1) is 11.5 Å². The number of sulfone groups is 1. The summed E-state index contributed by atoms with van der Waals surface area (Å²) in [7, 11) is -3.48. The van der Waals surface area contributed by atoms with Crippen LogP contribution in [0, 0.1) is 0 Å². The molecule has 0 amide bonds. The zero-order chi connectivity index (χ0) is 17.6. The molecule has 2 heterocycles. The first kappa shape index (κ1) is 17.1. The minimum absolute atomic E-state index is 0.00556. The molecule has 0 bridgehead atoms. The largest absolute Gasteiger partial charge is 0.394 e. The van der Waals surface area contributed by atoms with E-state index in [4.69, 9.17) is 9.84 Å². The molecule has 130 valence electrons. The van der Waals surface area contributed by atoms with Crippen LogP contribution in [-0.2, 0) is 14.6 Å². The second-order valence-corrected chi connectivity index (χ2v) is 7.79. The molecule has 0 unspecified atom stereocenters. The molecule has 0 radical (unpaired) electrons. The predicted molar refractivity (Wildman–Crippen MR) is 84.3 cm³/mol. The number of benzene rings is 1. The Morgan fingerprint density at radius 2 is 1.92 bits per heavy atom. The summed E-state index contributed by atoms with van der Waals surface area (Å²) in [5, 5.41) is 29.7. The van der Waals surface area contributed by atoms with Gasteiger partial charge in [0.2, 0.25) is 0 Å². The zero-order valence-corrected chi connectivity index (χ0v) is 13.5. The van der Waals surface area contributed by atoms with Crippen LogP contribution in [0.4, 0.5) is 0 Å². The first-order valence-corrected chi connectivity index (χ1v) is 9.10. The van der Waals surface area contributed by atoms with Gasteiger partial charge >= 0.3 is 0 Å². The molecule has 8 nitrogen and oxygen atoms in total. The molecule has 9 heteroatoms. The van der Waals surface area contributed by atoms with Crippen molar-refractivity contribution in [1.29, 1.82) is 0 Å². The zero-order valence-electron chi connectivity index (χ0n) is 12.7. The van der Waals surface area contributed by atoms with Crippen LogP contribution in [0.3, 0.4) is 0 Å². The Hall–Kier alpha value is -1.78. The quantitative estimate of drug-likeness (QED) is 0.646. The summed E-state index contributed by atoms with van der Waals surface area (Å²) in [6.45, 7) is -0.505. The van der Waals surface area contributed by atoms with Crippen LogP contribution >= 0.6 is 0 Å². The number of aromatic nitrogens is 1. The molecule has 1 fully saturated rings. The van der Waals surface area contributed by atoms with Crippen molar-refractivity contribution in [1.82, 2.24) is 4.57 Å². The Labute approximate surface area is 137 Å². The van der Waals surface area contributed by atoms with Crippen molar-refractivity contribution in [3.05, 3.63) is 40.8 Å². The van der Waals surface area contributed by atoms with E-state index in [2.05, 4.69) is 0 Å². The van der Waals surface area contributed by atoms with E-state index in [0.29, 0.717) is 5.39 Å². The fourth-order valence-electron chi connectivity index (χ4n) is 2.77.